The fourth-order valence-corrected chi connectivity index (χ4v) is 5.27. The van der Waals surface area contributed by atoms with Crippen LogP contribution in [-0.2, 0) is 19.0 Å². The first-order valence-electron chi connectivity index (χ1n) is 12.3. The van der Waals surface area contributed by atoms with Gasteiger partial charge in [-0.3, -0.25) is 0 Å². The highest BCUT2D eigenvalue weighted by Crippen LogP contribution is 2.42. The van der Waals surface area contributed by atoms with Gasteiger partial charge >= 0.3 is 6.18 Å². The Morgan fingerprint density at radius 1 is 1.09 bits per heavy atom. The standard InChI is InChI=1S/C26H34F3N5/c1-16(2)8-13-22(18-9-11-21(12-10-18)26(27,28)29)34-23(17(3)4)14-19-6-5-7-20(25(19)34)15-24-30-32-33-31-24/h9-12,14,16-17,20,22H,5-8,13,15H2,1-4H3,(H,30,31,32,33)/t20?,22-/m0/s1. The van der Waals surface area contributed by atoms with Gasteiger partial charge in [0, 0.05) is 23.7 Å². The molecular weight excluding hydrogens is 439 g/mol. The Hall–Kier alpha value is -2.64. The lowest BCUT2D eigenvalue weighted by Gasteiger charge is -2.32. The van der Waals surface area contributed by atoms with E-state index in [1.165, 1.54) is 29.1 Å². The van der Waals surface area contributed by atoms with E-state index in [0.717, 1.165) is 49.9 Å². The lowest BCUT2D eigenvalue weighted by atomic mass is 9.85. The Morgan fingerprint density at radius 3 is 2.41 bits per heavy atom. The topological polar surface area (TPSA) is 59.4 Å². The molecule has 0 aliphatic heterocycles. The molecular formula is C26H34F3N5. The molecule has 0 amide bonds. The van der Waals surface area contributed by atoms with Crippen molar-refractivity contribution in [2.75, 3.05) is 0 Å². The fraction of sp³-hybridized carbons (Fsp3) is 0.577. The number of hydrogen-bond donors (Lipinski definition) is 1. The Morgan fingerprint density at radius 2 is 1.82 bits per heavy atom. The molecule has 34 heavy (non-hydrogen) atoms. The quantitative estimate of drug-likeness (QED) is 0.390. The second-order valence-corrected chi connectivity index (χ2v) is 10.3. The summed E-state index contributed by atoms with van der Waals surface area (Å²) in [6.45, 7) is 8.77. The van der Waals surface area contributed by atoms with Crippen LogP contribution in [0.4, 0.5) is 13.2 Å². The van der Waals surface area contributed by atoms with Crippen LogP contribution < -0.4 is 0 Å². The summed E-state index contributed by atoms with van der Waals surface area (Å²) in [5, 5.41) is 14.5. The number of halogens is 3. The molecule has 2 aromatic heterocycles. The highest BCUT2D eigenvalue weighted by Gasteiger charge is 2.33. The van der Waals surface area contributed by atoms with E-state index in [2.05, 4.69) is 59.0 Å². The number of aryl methyl sites for hydroxylation is 1. The highest BCUT2D eigenvalue weighted by molar-refractivity contribution is 5.38. The number of aromatic amines is 1. The van der Waals surface area contributed by atoms with Crippen LogP contribution in [0.25, 0.3) is 0 Å². The predicted molar refractivity (Wildman–Crippen MR) is 126 cm³/mol. The Bertz CT molecular complexity index is 1070. The molecule has 1 N–H and O–H groups in total. The number of nitrogens with one attached hydrogen (secondary N) is 1. The molecule has 0 fully saturated rings. The number of aromatic nitrogens is 5. The SMILES string of the molecule is CC(C)CC[C@@H](c1ccc(C(F)(F)F)cc1)n1c(C(C)C)cc2c1C(Cc1nnn[nH]1)CCC2. The number of nitrogens with zero attached hydrogens (tertiary/aromatic N) is 4. The monoisotopic (exact) mass is 473 g/mol. The van der Waals surface area contributed by atoms with Crippen molar-refractivity contribution in [1.29, 1.82) is 0 Å². The smallest absolute Gasteiger partial charge is 0.340 e. The molecule has 4 rings (SSSR count). The summed E-state index contributed by atoms with van der Waals surface area (Å²) in [6, 6.07) is 8.10. The number of H-pyrrole nitrogens is 1. The van der Waals surface area contributed by atoms with Crippen molar-refractivity contribution >= 4 is 0 Å². The molecule has 2 heterocycles. The normalized spacial score (nSPS) is 17.4. The van der Waals surface area contributed by atoms with Crippen LogP contribution in [0.1, 0.15) is 105 Å². The molecule has 0 saturated carbocycles. The van der Waals surface area contributed by atoms with Gasteiger partial charge in [-0.2, -0.15) is 13.2 Å². The van der Waals surface area contributed by atoms with Gasteiger partial charge in [0.25, 0.3) is 0 Å². The van der Waals surface area contributed by atoms with Gasteiger partial charge < -0.3 is 4.57 Å². The van der Waals surface area contributed by atoms with Crippen LogP contribution in [0.3, 0.4) is 0 Å². The van der Waals surface area contributed by atoms with E-state index in [-0.39, 0.29) is 12.0 Å². The number of alkyl halides is 3. The van der Waals surface area contributed by atoms with Gasteiger partial charge in [0.1, 0.15) is 5.82 Å². The minimum Gasteiger partial charge on any atom is -0.340 e. The van der Waals surface area contributed by atoms with Gasteiger partial charge in [-0.05, 0) is 83.7 Å². The summed E-state index contributed by atoms with van der Waals surface area (Å²) in [7, 11) is 0. The maximum Gasteiger partial charge on any atom is 0.416 e. The maximum absolute atomic E-state index is 13.3. The van der Waals surface area contributed by atoms with E-state index < -0.39 is 11.7 Å². The lowest BCUT2D eigenvalue weighted by Crippen LogP contribution is -2.23. The molecule has 184 valence electrons. The van der Waals surface area contributed by atoms with Crippen molar-refractivity contribution in [1.82, 2.24) is 25.2 Å². The van der Waals surface area contributed by atoms with Crippen molar-refractivity contribution < 1.29 is 13.2 Å². The summed E-state index contributed by atoms with van der Waals surface area (Å²) in [4.78, 5) is 0. The van der Waals surface area contributed by atoms with Gasteiger partial charge in [-0.1, -0.05) is 39.8 Å². The van der Waals surface area contributed by atoms with Crippen LogP contribution in [0.2, 0.25) is 0 Å². The third-order valence-corrected chi connectivity index (χ3v) is 6.95. The number of hydrogen-bond acceptors (Lipinski definition) is 3. The summed E-state index contributed by atoms with van der Waals surface area (Å²) in [5.41, 5.74) is 4.24. The maximum atomic E-state index is 13.3. The first-order valence-corrected chi connectivity index (χ1v) is 12.3. The molecule has 0 radical (unpaired) electrons. The predicted octanol–water partition coefficient (Wildman–Crippen LogP) is 6.83. The van der Waals surface area contributed by atoms with Crippen molar-refractivity contribution in [2.45, 2.75) is 90.3 Å². The average molecular weight is 474 g/mol. The third-order valence-electron chi connectivity index (χ3n) is 6.95. The van der Waals surface area contributed by atoms with Gasteiger partial charge in [0.05, 0.1) is 11.6 Å². The van der Waals surface area contributed by atoms with Crippen LogP contribution in [0.5, 0.6) is 0 Å². The first-order chi connectivity index (χ1) is 16.1. The molecule has 0 saturated heterocycles. The average Bonchev–Trinajstić information content (AvgIpc) is 3.42. The fourth-order valence-electron chi connectivity index (χ4n) is 5.27. The van der Waals surface area contributed by atoms with E-state index in [4.69, 9.17) is 0 Å². The van der Waals surface area contributed by atoms with Gasteiger partial charge in [-0.25, -0.2) is 5.10 Å². The Labute approximate surface area is 199 Å². The second kappa shape index (κ2) is 9.92. The van der Waals surface area contributed by atoms with Gasteiger partial charge in [0.2, 0.25) is 0 Å². The summed E-state index contributed by atoms with van der Waals surface area (Å²) in [5.74, 6) is 1.84. The molecule has 8 heteroatoms. The van der Waals surface area contributed by atoms with Crippen LogP contribution in [-0.4, -0.2) is 25.2 Å². The zero-order valence-electron chi connectivity index (χ0n) is 20.4. The molecule has 3 aromatic rings. The van der Waals surface area contributed by atoms with Gasteiger partial charge in [-0.15, -0.1) is 5.10 Å². The Kier molecular flexibility index (Phi) is 7.14. The molecule has 0 bridgehead atoms. The Balaban J connectivity index is 1.82. The molecule has 1 aliphatic rings. The molecule has 0 spiro atoms. The minimum absolute atomic E-state index is 0.0146. The number of benzene rings is 1. The van der Waals surface area contributed by atoms with Gasteiger partial charge in [0.15, 0.2) is 0 Å². The number of rotatable bonds is 8. The number of fused-ring (bicyclic) bond motifs is 1. The zero-order chi connectivity index (χ0) is 24.5. The summed E-state index contributed by atoms with van der Waals surface area (Å²) >= 11 is 0. The van der Waals surface area contributed by atoms with Crippen LogP contribution in [0.15, 0.2) is 30.3 Å². The molecule has 5 nitrogen and oxygen atoms in total. The van der Waals surface area contributed by atoms with Crippen LogP contribution >= 0.6 is 0 Å². The van der Waals surface area contributed by atoms with Crippen LogP contribution in [0, 0.1) is 5.92 Å². The van der Waals surface area contributed by atoms with E-state index in [9.17, 15) is 13.2 Å². The molecule has 1 aromatic carbocycles. The molecule has 2 atom stereocenters. The largest absolute Gasteiger partial charge is 0.416 e. The first kappa shape index (κ1) is 24.5. The van der Waals surface area contributed by atoms with E-state index in [1.807, 2.05) is 0 Å². The summed E-state index contributed by atoms with van der Waals surface area (Å²) in [6.07, 6.45) is 1.44. The second-order valence-electron chi connectivity index (χ2n) is 10.3. The zero-order valence-corrected chi connectivity index (χ0v) is 20.4. The lowest BCUT2D eigenvalue weighted by molar-refractivity contribution is -0.137. The van der Waals surface area contributed by atoms with E-state index in [1.54, 1.807) is 12.1 Å². The minimum atomic E-state index is -4.34. The van der Waals surface area contributed by atoms with Crippen molar-refractivity contribution in [2.24, 2.45) is 5.92 Å². The third kappa shape index (κ3) is 5.20. The number of tetrazole rings is 1. The van der Waals surface area contributed by atoms with E-state index in [0.29, 0.717) is 11.8 Å². The molecule has 1 aliphatic carbocycles. The highest BCUT2D eigenvalue weighted by atomic mass is 19.4. The van der Waals surface area contributed by atoms with E-state index >= 15 is 0 Å². The molecule has 1 unspecified atom stereocenters. The van der Waals surface area contributed by atoms with Crippen molar-refractivity contribution in [3.8, 4) is 0 Å². The van der Waals surface area contributed by atoms with Crippen molar-refractivity contribution in [3.05, 3.63) is 64.2 Å². The van der Waals surface area contributed by atoms with Crippen molar-refractivity contribution in [3.63, 3.8) is 0 Å². The summed E-state index contributed by atoms with van der Waals surface area (Å²) < 4.78 is 42.2.